The molecule has 1 aliphatic rings. The Hall–Kier alpha value is -2.76. The van der Waals surface area contributed by atoms with E-state index >= 15 is 0 Å². The number of rotatable bonds is 7. The third-order valence-corrected chi connectivity index (χ3v) is 7.11. The molecule has 1 fully saturated rings. The molecule has 3 rings (SSSR count). The lowest BCUT2D eigenvalue weighted by molar-refractivity contribution is -0.153. The highest BCUT2D eigenvalue weighted by molar-refractivity contribution is 7.91. The van der Waals surface area contributed by atoms with Crippen LogP contribution < -0.4 is 20.1 Å². The van der Waals surface area contributed by atoms with Crippen molar-refractivity contribution in [2.45, 2.75) is 25.9 Å². The second-order valence-electron chi connectivity index (χ2n) is 8.50. The van der Waals surface area contributed by atoms with E-state index in [0.29, 0.717) is 30.8 Å². The van der Waals surface area contributed by atoms with Crippen molar-refractivity contribution < 1.29 is 35.5 Å². The summed E-state index contributed by atoms with van der Waals surface area (Å²) in [6.07, 6.45) is -2.77. The smallest absolute Gasteiger partial charge is 0.422 e. The van der Waals surface area contributed by atoms with Crippen molar-refractivity contribution in [3.63, 3.8) is 0 Å². The van der Waals surface area contributed by atoms with Crippen molar-refractivity contribution in [2.24, 2.45) is 5.41 Å². The van der Waals surface area contributed by atoms with Crippen molar-refractivity contribution in [1.29, 1.82) is 0 Å². The molecule has 12 heteroatoms. The molecule has 0 bridgehead atoms. The second kappa shape index (κ2) is 9.24. The molecule has 2 heterocycles. The second-order valence-corrected chi connectivity index (χ2v) is 10.8. The molecule has 2 N–H and O–H groups in total. The van der Waals surface area contributed by atoms with Crippen molar-refractivity contribution in [3.05, 3.63) is 36.3 Å². The Morgan fingerprint density at radius 2 is 1.88 bits per heavy atom. The first-order valence-corrected chi connectivity index (χ1v) is 11.9. The summed E-state index contributed by atoms with van der Waals surface area (Å²) in [5.74, 6) is -1.23. The summed E-state index contributed by atoms with van der Waals surface area (Å²) in [7, 11) is -1.20. The molecule has 0 aliphatic carbocycles. The number of nitrogens with zero attached hydrogens (tertiary/aromatic N) is 2. The summed E-state index contributed by atoms with van der Waals surface area (Å²) in [6, 6.07) is 5.40. The van der Waals surface area contributed by atoms with E-state index in [9.17, 15) is 26.0 Å². The van der Waals surface area contributed by atoms with Gasteiger partial charge in [-0.15, -0.1) is 0 Å². The van der Waals surface area contributed by atoms with Crippen LogP contribution in [0.25, 0.3) is 0 Å². The van der Waals surface area contributed by atoms with Crippen molar-refractivity contribution in [1.82, 2.24) is 4.98 Å². The van der Waals surface area contributed by atoms with Gasteiger partial charge in [-0.25, -0.2) is 17.8 Å². The Labute approximate surface area is 189 Å². The van der Waals surface area contributed by atoms with E-state index in [-0.39, 0.29) is 28.6 Å². The summed E-state index contributed by atoms with van der Waals surface area (Å²) < 4.78 is 84.8. The molecule has 1 aliphatic heterocycles. The number of pyridine rings is 1. The minimum Gasteiger partial charge on any atom is -0.478 e. The number of nitrogen functional groups attached to an aromatic ring is 1. The molecule has 33 heavy (non-hydrogen) atoms. The number of aromatic nitrogens is 1. The minimum atomic E-state index is -4.62. The maximum Gasteiger partial charge on any atom is 0.422 e. The molecule has 182 valence electrons. The molecule has 1 aromatic heterocycles. The Balaban J connectivity index is 1.78. The van der Waals surface area contributed by atoms with Crippen LogP contribution in [0.4, 0.5) is 28.9 Å². The molecule has 0 radical (unpaired) electrons. The summed E-state index contributed by atoms with van der Waals surface area (Å²) in [5, 5.41) is 0. The first kappa shape index (κ1) is 24.9. The van der Waals surface area contributed by atoms with Crippen LogP contribution in [0.5, 0.6) is 17.4 Å². The first-order chi connectivity index (χ1) is 15.3. The van der Waals surface area contributed by atoms with Gasteiger partial charge in [0.15, 0.2) is 12.4 Å². The maximum absolute atomic E-state index is 13.5. The quantitative estimate of drug-likeness (QED) is 0.459. The number of sulfone groups is 1. The lowest BCUT2D eigenvalue weighted by atomic mass is 9.83. The Morgan fingerprint density at radius 1 is 1.21 bits per heavy atom. The van der Waals surface area contributed by atoms with Crippen LogP contribution in [-0.2, 0) is 9.84 Å². The molecule has 7 nitrogen and oxygen atoms in total. The van der Waals surface area contributed by atoms with E-state index in [1.54, 1.807) is 19.2 Å². The van der Waals surface area contributed by atoms with E-state index in [2.05, 4.69) is 9.72 Å². The summed E-state index contributed by atoms with van der Waals surface area (Å²) in [6.45, 7) is 0.921. The van der Waals surface area contributed by atoms with Gasteiger partial charge in [0.05, 0.1) is 29.1 Å². The van der Waals surface area contributed by atoms with Gasteiger partial charge >= 0.3 is 6.18 Å². The highest BCUT2D eigenvalue weighted by atomic mass is 32.2. The Morgan fingerprint density at radius 3 is 2.52 bits per heavy atom. The normalized spacial score (nSPS) is 17.4. The number of hydrogen-bond acceptors (Lipinski definition) is 7. The van der Waals surface area contributed by atoms with Gasteiger partial charge in [0, 0.05) is 25.7 Å². The lowest BCUT2D eigenvalue weighted by Crippen LogP contribution is -2.40. The summed E-state index contributed by atoms with van der Waals surface area (Å²) in [4.78, 5) is 5.57. The Bertz CT molecular complexity index is 1100. The molecule has 0 unspecified atom stereocenters. The highest BCUT2D eigenvalue weighted by Gasteiger charge is 2.34. The molecular weight excluding hydrogens is 466 g/mol. The average molecular weight is 492 g/mol. The number of anilines is 2. The predicted molar refractivity (Wildman–Crippen MR) is 116 cm³/mol. The van der Waals surface area contributed by atoms with Gasteiger partial charge in [-0.2, -0.15) is 13.2 Å². The van der Waals surface area contributed by atoms with E-state index < -0.39 is 34.2 Å². The predicted octanol–water partition coefficient (Wildman–Crippen LogP) is 4.19. The molecule has 0 saturated carbocycles. The van der Waals surface area contributed by atoms with Gasteiger partial charge < -0.3 is 20.1 Å². The number of nitrogens with two attached hydrogens (primary N) is 1. The van der Waals surface area contributed by atoms with Crippen LogP contribution >= 0.6 is 0 Å². The first-order valence-electron chi connectivity index (χ1n) is 10.1. The lowest BCUT2D eigenvalue weighted by Gasteiger charge is -2.38. The SMILES string of the molecule is CN(CC1(C)CCS(=O)(=O)CC1)c1cc(Oc2ncc(F)cc2OCC(F)(F)F)ccc1N. The third kappa shape index (κ3) is 6.86. The van der Waals surface area contributed by atoms with E-state index in [1.165, 1.54) is 6.07 Å². The van der Waals surface area contributed by atoms with Crippen LogP contribution in [0.1, 0.15) is 19.8 Å². The van der Waals surface area contributed by atoms with Crippen LogP contribution in [0.15, 0.2) is 30.5 Å². The molecule has 1 saturated heterocycles. The van der Waals surface area contributed by atoms with Gasteiger partial charge in [-0.1, -0.05) is 6.92 Å². The zero-order valence-electron chi connectivity index (χ0n) is 18.2. The third-order valence-electron chi connectivity index (χ3n) is 5.46. The molecule has 0 atom stereocenters. The summed E-state index contributed by atoms with van der Waals surface area (Å²) in [5.41, 5.74) is 6.89. The van der Waals surface area contributed by atoms with Crippen LogP contribution in [0, 0.1) is 11.2 Å². The fraction of sp³-hybridized carbons (Fsp3) is 0.476. The average Bonchev–Trinajstić information content (AvgIpc) is 2.71. The maximum atomic E-state index is 13.5. The van der Waals surface area contributed by atoms with E-state index in [1.807, 2.05) is 11.8 Å². The van der Waals surface area contributed by atoms with Crippen molar-refractivity contribution in [3.8, 4) is 17.4 Å². The fourth-order valence-corrected chi connectivity index (χ4v) is 5.44. The van der Waals surface area contributed by atoms with Gasteiger partial charge in [0.2, 0.25) is 0 Å². The van der Waals surface area contributed by atoms with Crippen LogP contribution in [-0.4, -0.2) is 51.3 Å². The molecule has 1 aromatic carbocycles. The van der Waals surface area contributed by atoms with Gasteiger partial charge in [0.25, 0.3) is 5.88 Å². The highest BCUT2D eigenvalue weighted by Crippen LogP contribution is 2.38. The zero-order valence-corrected chi connectivity index (χ0v) is 19.0. The molecule has 0 spiro atoms. The van der Waals surface area contributed by atoms with E-state index in [4.69, 9.17) is 10.5 Å². The number of alkyl halides is 3. The topological polar surface area (TPSA) is 94.8 Å². The number of ether oxygens (including phenoxy) is 2. The zero-order chi connectivity index (χ0) is 24.4. The Kier molecular flexibility index (Phi) is 6.96. The van der Waals surface area contributed by atoms with Crippen LogP contribution in [0.2, 0.25) is 0 Å². The molecule has 2 aromatic rings. The van der Waals surface area contributed by atoms with E-state index in [0.717, 1.165) is 12.3 Å². The van der Waals surface area contributed by atoms with Crippen molar-refractivity contribution in [2.75, 3.05) is 42.3 Å². The minimum absolute atomic E-state index is 0.132. The van der Waals surface area contributed by atoms with Crippen molar-refractivity contribution >= 4 is 21.2 Å². The molecular formula is C21H25F4N3O4S. The number of hydrogen-bond donors (Lipinski definition) is 1. The standard InChI is InChI=1S/C21H25F4N3O4S/c1-20(5-7-33(29,30)8-6-20)12-28(2)17-10-15(3-4-16(17)26)32-19-18(9-14(22)11-27-19)31-13-21(23,24)25/h3-4,9-11H,5-8,12-13,26H2,1-2H3. The van der Waals surface area contributed by atoms with Gasteiger partial charge in [0.1, 0.15) is 21.4 Å². The van der Waals surface area contributed by atoms with Gasteiger partial charge in [-0.05, 0) is 30.4 Å². The summed E-state index contributed by atoms with van der Waals surface area (Å²) >= 11 is 0. The number of benzene rings is 1. The van der Waals surface area contributed by atoms with Crippen LogP contribution in [0.3, 0.4) is 0 Å². The van der Waals surface area contributed by atoms with Gasteiger partial charge in [-0.3, -0.25) is 0 Å². The monoisotopic (exact) mass is 491 g/mol. The largest absolute Gasteiger partial charge is 0.478 e. The number of halogens is 4. The molecule has 0 amide bonds. The fourth-order valence-electron chi connectivity index (χ4n) is 3.62.